The van der Waals surface area contributed by atoms with E-state index in [1.165, 1.54) is 6.92 Å². The van der Waals surface area contributed by atoms with Gasteiger partial charge in [0.15, 0.2) is 5.76 Å². The lowest BCUT2D eigenvalue weighted by Crippen LogP contribution is -2.13. The Labute approximate surface area is 143 Å². The average molecular weight is 330 g/mol. The molecule has 0 N–H and O–H groups in total. The summed E-state index contributed by atoms with van der Waals surface area (Å²) in [6.45, 7) is 1.26. The minimum absolute atomic E-state index is 0.0820. The molecule has 1 heterocycles. The lowest BCUT2D eigenvalue weighted by atomic mass is 10.1. The third kappa shape index (κ3) is 2.68. The first-order valence-electron chi connectivity index (χ1n) is 7.87. The Morgan fingerprint density at radius 1 is 0.920 bits per heavy atom. The van der Waals surface area contributed by atoms with Crippen molar-refractivity contribution in [1.29, 1.82) is 0 Å². The Hall–Kier alpha value is -3.40. The summed E-state index contributed by atoms with van der Waals surface area (Å²) in [7, 11) is 0. The highest BCUT2D eigenvalue weighted by Gasteiger charge is 2.19. The van der Waals surface area contributed by atoms with Crippen LogP contribution in [-0.2, 0) is 4.79 Å². The summed E-state index contributed by atoms with van der Waals surface area (Å²) >= 11 is 0. The normalized spacial score (nSPS) is 10.9. The maximum Gasteiger partial charge on any atom is 0.308 e. The Bertz CT molecular complexity index is 1160. The number of hydrogen-bond donors (Lipinski definition) is 0. The van der Waals surface area contributed by atoms with Crippen molar-refractivity contribution in [3.8, 4) is 17.1 Å². The predicted octanol–water partition coefficient (Wildman–Crippen LogP) is 4.54. The molecule has 0 aliphatic carbocycles. The van der Waals surface area contributed by atoms with Crippen molar-refractivity contribution in [3.05, 3.63) is 77.0 Å². The van der Waals surface area contributed by atoms with Crippen LogP contribution in [0.3, 0.4) is 0 Å². The van der Waals surface area contributed by atoms with Crippen LogP contribution in [0.2, 0.25) is 0 Å². The van der Waals surface area contributed by atoms with E-state index in [2.05, 4.69) is 0 Å². The maximum atomic E-state index is 13.0. The number of fused-ring (bicyclic) bond motifs is 2. The van der Waals surface area contributed by atoms with Crippen LogP contribution in [0.5, 0.6) is 5.75 Å². The van der Waals surface area contributed by atoms with Gasteiger partial charge in [-0.25, -0.2) is 0 Å². The van der Waals surface area contributed by atoms with Crippen LogP contribution in [0.1, 0.15) is 6.92 Å². The van der Waals surface area contributed by atoms with Crippen LogP contribution >= 0.6 is 0 Å². The third-order valence-corrected chi connectivity index (χ3v) is 4.00. The zero-order valence-corrected chi connectivity index (χ0v) is 13.5. The van der Waals surface area contributed by atoms with Crippen molar-refractivity contribution in [2.75, 3.05) is 0 Å². The minimum atomic E-state index is -0.565. The van der Waals surface area contributed by atoms with Gasteiger partial charge in [-0.3, -0.25) is 9.59 Å². The summed E-state index contributed by atoms with van der Waals surface area (Å²) in [4.78, 5) is 24.5. The van der Waals surface area contributed by atoms with Crippen molar-refractivity contribution in [2.45, 2.75) is 6.92 Å². The highest BCUT2D eigenvalue weighted by molar-refractivity contribution is 5.97. The van der Waals surface area contributed by atoms with E-state index in [-0.39, 0.29) is 16.9 Å². The van der Waals surface area contributed by atoms with E-state index in [0.717, 1.165) is 10.8 Å². The molecule has 4 heteroatoms. The van der Waals surface area contributed by atoms with Crippen LogP contribution in [-0.4, -0.2) is 5.97 Å². The Balaban J connectivity index is 2.10. The molecule has 0 radical (unpaired) electrons. The van der Waals surface area contributed by atoms with E-state index >= 15 is 0 Å². The quantitative estimate of drug-likeness (QED) is 0.400. The van der Waals surface area contributed by atoms with Crippen LogP contribution in [0.4, 0.5) is 0 Å². The van der Waals surface area contributed by atoms with Gasteiger partial charge in [-0.2, -0.15) is 0 Å². The molecule has 25 heavy (non-hydrogen) atoms. The molecule has 4 rings (SSSR count). The van der Waals surface area contributed by atoms with Crippen molar-refractivity contribution < 1.29 is 13.9 Å². The summed E-state index contributed by atoms with van der Waals surface area (Å²) in [6, 6.07) is 20.4. The average Bonchev–Trinajstić information content (AvgIpc) is 2.63. The Morgan fingerprint density at radius 2 is 1.56 bits per heavy atom. The number of esters is 1. The fourth-order valence-corrected chi connectivity index (χ4v) is 2.88. The van der Waals surface area contributed by atoms with Gasteiger partial charge >= 0.3 is 5.97 Å². The number of benzene rings is 3. The number of carbonyl (C=O) groups is 1. The summed E-state index contributed by atoms with van der Waals surface area (Å²) in [5.74, 6) is -0.394. The van der Waals surface area contributed by atoms with E-state index in [1.807, 2.05) is 48.5 Å². The molecule has 0 amide bonds. The second-order valence-corrected chi connectivity index (χ2v) is 5.74. The van der Waals surface area contributed by atoms with E-state index in [4.69, 9.17) is 9.15 Å². The molecule has 4 aromatic rings. The van der Waals surface area contributed by atoms with Crippen LogP contribution in [0.25, 0.3) is 33.1 Å². The molecule has 0 saturated carbocycles. The first-order chi connectivity index (χ1) is 12.1. The van der Waals surface area contributed by atoms with Gasteiger partial charge in [-0.1, -0.05) is 54.6 Å². The van der Waals surface area contributed by atoms with Gasteiger partial charge in [0.25, 0.3) is 0 Å². The topological polar surface area (TPSA) is 56.5 Å². The third-order valence-electron chi connectivity index (χ3n) is 4.00. The molecule has 0 saturated heterocycles. The molecule has 4 nitrogen and oxygen atoms in total. The first-order valence-corrected chi connectivity index (χ1v) is 7.87. The van der Waals surface area contributed by atoms with Crippen LogP contribution < -0.4 is 10.2 Å². The van der Waals surface area contributed by atoms with E-state index < -0.39 is 5.97 Å². The number of ether oxygens (including phenoxy) is 1. The smallest absolute Gasteiger partial charge is 0.308 e. The SMILES string of the molecule is CC(=O)Oc1c(-c2ccccc2)oc2cc3ccccc3cc2c1=O. The second kappa shape index (κ2) is 5.91. The summed E-state index contributed by atoms with van der Waals surface area (Å²) < 4.78 is 11.2. The molecule has 0 bridgehead atoms. The Morgan fingerprint density at radius 3 is 2.24 bits per heavy atom. The van der Waals surface area contributed by atoms with Crippen LogP contribution in [0, 0.1) is 0 Å². The van der Waals surface area contributed by atoms with Crippen molar-refractivity contribution in [1.82, 2.24) is 0 Å². The predicted molar refractivity (Wildman–Crippen MR) is 96.7 cm³/mol. The summed E-state index contributed by atoms with van der Waals surface area (Å²) in [5, 5.41) is 2.27. The fraction of sp³-hybridized carbons (Fsp3) is 0.0476. The molecular formula is C21H14O4. The Kier molecular flexibility index (Phi) is 3.58. The van der Waals surface area contributed by atoms with Crippen molar-refractivity contribution in [2.24, 2.45) is 0 Å². The zero-order chi connectivity index (χ0) is 17.4. The fourth-order valence-electron chi connectivity index (χ4n) is 2.88. The van der Waals surface area contributed by atoms with Gasteiger partial charge in [0.05, 0.1) is 5.39 Å². The number of carbonyl (C=O) groups excluding carboxylic acids is 1. The maximum absolute atomic E-state index is 13.0. The molecule has 1 aromatic heterocycles. The number of hydrogen-bond acceptors (Lipinski definition) is 4. The van der Waals surface area contributed by atoms with Gasteiger partial charge in [0, 0.05) is 12.5 Å². The molecule has 3 aromatic carbocycles. The highest BCUT2D eigenvalue weighted by Crippen LogP contribution is 2.32. The molecular weight excluding hydrogens is 316 g/mol. The van der Waals surface area contributed by atoms with Gasteiger partial charge < -0.3 is 9.15 Å². The molecule has 122 valence electrons. The van der Waals surface area contributed by atoms with Crippen molar-refractivity contribution >= 4 is 27.7 Å². The largest absolute Gasteiger partial charge is 0.452 e. The molecule has 0 spiro atoms. The molecule has 0 atom stereocenters. The van der Waals surface area contributed by atoms with Crippen LogP contribution in [0.15, 0.2) is 75.9 Å². The molecule has 0 aliphatic rings. The standard InChI is InChI=1S/C21H14O4/c1-13(22)24-21-19(23)17-11-15-9-5-6-10-16(15)12-18(17)25-20(21)14-7-3-2-4-8-14/h2-12H,1H3. The van der Waals surface area contributed by atoms with E-state index in [9.17, 15) is 9.59 Å². The van der Waals surface area contributed by atoms with Gasteiger partial charge in [0.2, 0.25) is 11.2 Å². The monoisotopic (exact) mass is 330 g/mol. The van der Waals surface area contributed by atoms with Gasteiger partial charge in [-0.05, 0) is 22.9 Å². The van der Waals surface area contributed by atoms with E-state index in [1.54, 1.807) is 18.2 Å². The summed E-state index contributed by atoms with van der Waals surface area (Å²) in [5.41, 5.74) is 0.769. The molecule has 0 fully saturated rings. The van der Waals surface area contributed by atoms with Gasteiger partial charge in [-0.15, -0.1) is 0 Å². The summed E-state index contributed by atoms with van der Waals surface area (Å²) in [6.07, 6.45) is 0. The molecule has 0 aliphatic heterocycles. The number of rotatable bonds is 2. The lowest BCUT2D eigenvalue weighted by molar-refractivity contribution is -0.131. The first kappa shape index (κ1) is 15.1. The second-order valence-electron chi connectivity index (χ2n) is 5.74. The van der Waals surface area contributed by atoms with Crippen molar-refractivity contribution in [3.63, 3.8) is 0 Å². The minimum Gasteiger partial charge on any atom is -0.452 e. The van der Waals surface area contributed by atoms with Gasteiger partial charge in [0.1, 0.15) is 5.58 Å². The zero-order valence-electron chi connectivity index (χ0n) is 13.5. The highest BCUT2D eigenvalue weighted by atomic mass is 16.5. The molecule has 0 unspecified atom stereocenters. The lowest BCUT2D eigenvalue weighted by Gasteiger charge is -2.10. The van der Waals surface area contributed by atoms with E-state index in [0.29, 0.717) is 16.5 Å².